The van der Waals surface area contributed by atoms with Crippen LogP contribution in [-0.4, -0.2) is 31.2 Å². The van der Waals surface area contributed by atoms with Gasteiger partial charge < -0.3 is 9.64 Å². The van der Waals surface area contributed by atoms with Gasteiger partial charge in [0.05, 0.1) is 13.2 Å². The number of nitrogens with zero attached hydrogens (tertiary/aromatic N) is 1. The number of allylic oxidation sites excluding steroid dienone is 3. The highest BCUT2D eigenvalue weighted by Crippen LogP contribution is 2.01. The van der Waals surface area contributed by atoms with Crippen molar-refractivity contribution >= 4 is 0 Å². The molecule has 0 atom stereocenters. The van der Waals surface area contributed by atoms with Gasteiger partial charge in [-0.2, -0.15) is 0 Å². The Kier molecular flexibility index (Phi) is 4.61. The van der Waals surface area contributed by atoms with Crippen LogP contribution in [0.2, 0.25) is 0 Å². The van der Waals surface area contributed by atoms with Gasteiger partial charge in [-0.1, -0.05) is 18.6 Å². The van der Waals surface area contributed by atoms with Crippen molar-refractivity contribution in [2.24, 2.45) is 0 Å². The van der Waals surface area contributed by atoms with Gasteiger partial charge >= 0.3 is 0 Å². The van der Waals surface area contributed by atoms with Crippen molar-refractivity contribution < 1.29 is 4.74 Å². The molecule has 0 unspecified atom stereocenters. The zero-order chi connectivity index (χ0) is 9.52. The molecule has 1 rings (SSSR count). The van der Waals surface area contributed by atoms with Gasteiger partial charge in [-0.3, -0.25) is 0 Å². The molecule has 2 nitrogen and oxygen atoms in total. The summed E-state index contributed by atoms with van der Waals surface area (Å²) in [4.78, 5) is 2.30. The third-order valence-electron chi connectivity index (χ3n) is 2.12. The van der Waals surface area contributed by atoms with Crippen LogP contribution in [0.5, 0.6) is 0 Å². The lowest BCUT2D eigenvalue weighted by Gasteiger charge is -2.25. The largest absolute Gasteiger partial charge is 0.378 e. The molecule has 74 valence electrons. The van der Waals surface area contributed by atoms with Gasteiger partial charge in [0.2, 0.25) is 0 Å². The van der Waals surface area contributed by atoms with Gasteiger partial charge in [-0.15, -0.1) is 0 Å². The minimum Gasteiger partial charge on any atom is -0.378 e. The average molecular weight is 181 g/mol. The maximum absolute atomic E-state index is 5.26. The zero-order valence-corrected chi connectivity index (χ0v) is 8.62. The van der Waals surface area contributed by atoms with E-state index in [0.29, 0.717) is 0 Å². The molecule has 13 heavy (non-hydrogen) atoms. The second-order valence-corrected chi connectivity index (χ2v) is 3.32. The number of rotatable bonds is 3. The van der Waals surface area contributed by atoms with Crippen molar-refractivity contribution in [1.82, 2.24) is 4.90 Å². The van der Waals surface area contributed by atoms with E-state index in [2.05, 4.69) is 37.1 Å². The quantitative estimate of drug-likeness (QED) is 0.619. The Labute approximate surface area is 80.9 Å². The minimum atomic E-state index is 0.862. The predicted molar refractivity (Wildman–Crippen MR) is 55.6 cm³/mol. The minimum absolute atomic E-state index is 0.862. The molecule has 0 bridgehead atoms. The van der Waals surface area contributed by atoms with Crippen LogP contribution < -0.4 is 0 Å². The molecule has 0 amide bonds. The van der Waals surface area contributed by atoms with Gasteiger partial charge in [-0.25, -0.2) is 0 Å². The van der Waals surface area contributed by atoms with Gasteiger partial charge in [0, 0.05) is 13.1 Å². The van der Waals surface area contributed by atoms with Crippen LogP contribution in [0.3, 0.4) is 0 Å². The number of morpholine rings is 1. The van der Waals surface area contributed by atoms with Crippen LogP contribution >= 0.6 is 0 Å². The highest BCUT2D eigenvalue weighted by Gasteiger charge is 2.04. The first-order valence-corrected chi connectivity index (χ1v) is 4.99. The van der Waals surface area contributed by atoms with E-state index >= 15 is 0 Å². The summed E-state index contributed by atoms with van der Waals surface area (Å²) in [6, 6.07) is 0. The van der Waals surface area contributed by atoms with Crippen LogP contribution in [0.25, 0.3) is 0 Å². The Morgan fingerprint density at radius 3 is 2.69 bits per heavy atom. The summed E-state index contributed by atoms with van der Waals surface area (Å²) in [6.07, 6.45) is 7.69. The Morgan fingerprint density at radius 1 is 1.38 bits per heavy atom. The molecule has 1 fully saturated rings. The molecule has 0 radical (unpaired) electrons. The van der Waals surface area contributed by atoms with E-state index in [1.807, 2.05) is 0 Å². The SMILES string of the molecule is CC/C=C(C)/C=C/N1CCOCC1. The molecule has 0 N–H and O–H groups in total. The highest BCUT2D eigenvalue weighted by molar-refractivity contribution is 5.15. The van der Waals surface area contributed by atoms with E-state index in [1.165, 1.54) is 5.57 Å². The van der Waals surface area contributed by atoms with Crippen molar-refractivity contribution in [3.63, 3.8) is 0 Å². The molecular formula is C11H19NO. The first-order valence-electron chi connectivity index (χ1n) is 4.99. The molecule has 0 aliphatic carbocycles. The Balaban J connectivity index is 2.33. The molecule has 1 aliphatic rings. The summed E-state index contributed by atoms with van der Waals surface area (Å²) in [5.74, 6) is 0. The van der Waals surface area contributed by atoms with Gasteiger partial charge in [0.25, 0.3) is 0 Å². The third kappa shape index (κ3) is 4.13. The van der Waals surface area contributed by atoms with Gasteiger partial charge in [0.15, 0.2) is 0 Å². The lowest BCUT2D eigenvalue weighted by Crippen LogP contribution is -2.31. The molecule has 0 saturated carbocycles. The number of hydrogen-bond donors (Lipinski definition) is 0. The second kappa shape index (κ2) is 5.81. The van der Waals surface area contributed by atoms with E-state index in [4.69, 9.17) is 4.74 Å². The predicted octanol–water partition coefficient (Wildman–Crippen LogP) is 2.19. The van der Waals surface area contributed by atoms with E-state index in [9.17, 15) is 0 Å². The van der Waals surface area contributed by atoms with Crippen molar-refractivity contribution in [1.29, 1.82) is 0 Å². The van der Waals surface area contributed by atoms with Crippen molar-refractivity contribution in [3.8, 4) is 0 Å². The molecule has 0 aromatic heterocycles. The number of hydrogen-bond acceptors (Lipinski definition) is 2. The summed E-state index contributed by atoms with van der Waals surface area (Å²) < 4.78 is 5.26. The average Bonchev–Trinajstić information content (AvgIpc) is 2.17. The topological polar surface area (TPSA) is 12.5 Å². The van der Waals surface area contributed by atoms with E-state index in [0.717, 1.165) is 32.7 Å². The smallest absolute Gasteiger partial charge is 0.0642 e. The zero-order valence-electron chi connectivity index (χ0n) is 8.62. The second-order valence-electron chi connectivity index (χ2n) is 3.32. The van der Waals surface area contributed by atoms with E-state index < -0.39 is 0 Å². The van der Waals surface area contributed by atoms with Crippen LogP contribution in [0.1, 0.15) is 20.3 Å². The molecule has 1 saturated heterocycles. The lowest BCUT2D eigenvalue weighted by molar-refractivity contribution is 0.0594. The van der Waals surface area contributed by atoms with Crippen molar-refractivity contribution in [3.05, 3.63) is 23.9 Å². The summed E-state index contributed by atoms with van der Waals surface area (Å²) in [7, 11) is 0. The Hall–Kier alpha value is -0.760. The Morgan fingerprint density at radius 2 is 2.08 bits per heavy atom. The molecule has 2 heteroatoms. The molecule has 1 aliphatic heterocycles. The van der Waals surface area contributed by atoms with Crippen molar-refractivity contribution in [2.75, 3.05) is 26.3 Å². The fraction of sp³-hybridized carbons (Fsp3) is 0.636. The maximum atomic E-state index is 5.26. The maximum Gasteiger partial charge on any atom is 0.0642 e. The first-order chi connectivity index (χ1) is 6.33. The van der Waals surface area contributed by atoms with Gasteiger partial charge in [0.1, 0.15) is 0 Å². The molecule has 1 heterocycles. The summed E-state index contributed by atoms with van der Waals surface area (Å²) in [5, 5.41) is 0. The third-order valence-corrected chi connectivity index (χ3v) is 2.12. The molecule has 0 spiro atoms. The van der Waals surface area contributed by atoms with Crippen LogP contribution in [0.4, 0.5) is 0 Å². The first kappa shape index (κ1) is 10.3. The fourth-order valence-corrected chi connectivity index (χ4v) is 1.34. The van der Waals surface area contributed by atoms with Crippen LogP contribution in [0.15, 0.2) is 23.9 Å². The number of ether oxygens (including phenoxy) is 1. The highest BCUT2D eigenvalue weighted by atomic mass is 16.5. The molecular weight excluding hydrogens is 162 g/mol. The fourth-order valence-electron chi connectivity index (χ4n) is 1.34. The summed E-state index contributed by atoms with van der Waals surface area (Å²) >= 11 is 0. The van der Waals surface area contributed by atoms with Crippen LogP contribution in [0, 0.1) is 0 Å². The van der Waals surface area contributed by atoms with Crippen molar-refractivity contribution in [2.45, 2.75) is 20.3 Å². The molecule has 0 aromatic carbocycles. The van der Waals surface area contributed by atoms with Crippen LogP contribution in [-0.2, 0) is 4.74 Å². The monoisotopic (exact) mass is 181 g/mol. The summed E-state index contributed by atoms with van der Waals surface area (Å²) in [5.41, 5.74) is 1.34. The normalized spacial score (nSPS) is 19.8. The standard InChI is InChI=1S/C11H19NO/c1-3-4-11(2)5-6-12-7-9-13-10-8-12/h4-6H,3,7-10H2,1-2H3/b6-5+,11-4+. The summed E-state index contributed by atoms with van der Waals surface area (Å²) in [6.45, 7) is 8.07. The lowest BCUT2D eigenvalue weighted by atomic mass is 10.2. The molecule has 0 aromatic rings. The van der Waals surface area contributed by atoms with Gasteiger partial charge in [-0.05, 0) is 25.6 Å². The van der Waals surface area contributed by atoms with E-state index in [1.54, 1.807) is 0 Å². The van der Waals surface area contributed by atoms with E-state index in [-0.39, 0.29) is 0 Å². The Bertz CT molecular complexity index is 190.